The smallest absolute Gasteiger partial charge is 0.238 e. The Morgan fingerprint density at radius 3 is 1.31 bits per heavy atom. The fraction of sp³-hybridized carbons (Fsp3) is 0.00775. The van der Waals surface area contributed by atoms with E-state index in [1.165, 1.54) is 93.1 Å². The summed E-state index contributed by atoms with van der Waals surface area (Å²) >= 11 is 0. The van der Waals surface area contributed by atoms with Gasteiger partial charge < -0.3 is 9.13 Å². The summed E-state index contributed by atoms with van der Waals surface area (Å²) in [4.78, 5) is 36.1. The van der Waals surface area contributed by atoms with Gasteiger partial charge in [0.15, 0.2) is 23.3 Å². The third-order valence-corrected chi connectivity index (χ3v) is 27.6. The molecule has 141 heavy (non-hydrogen) atoms. The van der Waals surface area contributed by atoms with Crippen molar-refractivity contribution < 1.29 is 0 Å². The van der Waals surface area contributed by atoms with Gasteiger partial charge in [-0.15, -0.1) is 0 Å². The molecule has 27 aromatic rings. The van der Waals surface area contributed by atoms with E-state index >= 15 is 0 Å². The Balaban J connectivity index is 0.000000111. The summed E-state index contributed by atoms with van der Waals surface area (Å²) in [5.41, 5.74) is 30.8. The van der Waals surface area contributed by atoms with E-state index in [0.29, 0.717) is 29.0 Å². The van der Waals surface area contributed by atoms with Crippen LogP contribution in [0.15, 0.2) is 497 Å². The third-order valence-electron chi connectivity index (χ3n) is 27.6. The van der Waals surface area contributed by atoms with Crippen molar-refractivity contribution in [3.8, 4) is 119 Å². The average molecular weight is 1800 g/mol. The number of nitrogens with zero attached hydrogens (tertiary/aromatic N) is 12. The Bertz CT molecular complexity index is 9510. The molecule has 12 heteroatoms. The lowest BCUT2D eigenvalue weighted by Gasteiger charge is -2.34. The average Bonchev–Trinajstić information content (AvgIpc) is 1.51. The monoisotopic (exact) mass is 1800 g/mol. The van der Waals surface area contributed by atoms with Crippen LogP contribution in [0.4, 0.5) is 0 Å². The van der Waals surface area contributed by atoms with E-state index < -0.39 is 5.41 Å². The van der Waals surface area contributed by atoms with Gasteiger partial charge in [0.25, 0.3) is 0 Å². The van der Waals surface area contributed by atoms with Crippen LogP contribution in [-0.4, -0.2) is 53.2 Å². The van der Waals surface area contributed by atoms with Gasteiger partial charge >= 0.3 is 0 Å². The first kappa shape index (κ1) is 82.5. The predicted molar refractivity (Wildman–Crippen MR) is 576 cm³/mol. The molecule has 0 atom stereocenters. The van der Waals surface area contributed by atoms with Gasteiger partial charge in [-0.05, 0) is 135 Å². The zero-order valence-corrected chi connectivity index (χ0v) is 76.2. The standard InChI is InChI=1S/C54H34N4.C39H25N5.C36H23N3/c55-35-36-16-14-19-38(32-36)49-34-48(37-17-4-1-5-18-37)56-53(57-49)39-20-15-25-42(33-39)58-50-29-13-11-27-44(50)46-31-30-45-43-26-10-12-28-47(43)54(51(45)52(46)58,40-21-6-2-7-22-40)41-23-8-3-9-24-41;1-4-14-26(15-5-1)37-40-38(27-16-6-2-7-17-27)42-39(41-37)44-34-23-13-11-21-30(34)32-25-24-31-29-20-10-12-22-33(29)43(35(31)36(32)44)28-18-8-3-9-19-28;1-3-11-24(12-4-1)27-19-21-29-33(23-27)39(32-22-20-25-13-7-8-16-28(25)34(29)32)36-35(26-14-5-2-6-15-26)37-30-17-9-10-18-31(30)38-36/h1-34H;1-25H;1-23H. The van der Waals surface area contributed by atoms with E-state index in [9.17, 15) is 5.26 Å². The minimum absolute atomic E-state index is 0.585. The summed E-state index contributed by atoms with van der Waals surface area (Å²) in [5.74, 6) is 3.30. The molecule has 28 rings (SSSR count). The van der Waals surface area contributed by atoms with Gasteiger partial charge in [-0.3, -0.25) is 9.13 Å². The summed E-state index contributed by atoms with van der Waals surface area (Å²) < 4.78 is 9.37. The molecular weight excluding hydrogens is 1720 g/mol. The number of hydrogen-bond acceptors (Lipinski definition) is 8. The van der Waals surface area contributed by atoms with Crippen molar-refractivity contribution >= 4 is 109 Å². The Morgan fingerprint density at radius 1 is 0.234 bits per heavy atom. The van der Waals surface area contributed by atoms with Gasteiger partial charge in [0.05, 0.1) is 83.6 Å². The molecule has 7 heterocycles. The third kappa shape index (κ3) is 14.0. The molecule has 12 nitrogen and oxygen atoms in total. The lowest BCUT2D eigenvalue weighted by molar-refractivity contribution is 0.772. The fourth-order valence-electron chi connectivity index (χ4n) is 21.5. The number of fused-ring (bicyclic) bond motifs is 20. The molecule has 0 aliphatic heterocycles. The highest BCUT2D eigenvalue weighted by Crippen LogP contribution is 2.60. The summed E-state index contributed by atoms with van der Waals surface area (Å²) in [6.07, 6.45) is 0. The van der Waals surface area contributed by atoms with E-state index in [2.05, 4.69) is 382 Å². The van der Waals surface area contributed by atoms with Gasteiger partial charge in [0.2, 0.25) is 5.95 Å². The van der Waals surface area contributed by atoms with Crippen LogP contribution in [0.3, 0.4) is 0 Å². The SMILES string of the molecule is N#Cc1cccc(-c2cc(-c3ccccc3)nc(-c3cccc(-n4c5ccccc5c5ccc6c(c54)C(c4ccccc4)(c4ccccc4)c4ccccc4-6)c3)n2)c1.c1ccc(-c2ccc3c4c5ccccc5ccc4n(-c4nc5ccccc5nc4-c4ccccc4)c3c2)cc1.c1ccc(-c2nc(-c3ccccc3)nc(-n3c4ccccc4c4ccc5c6ccccc6n(-c6ccccc6)c5c43)n2)cc1. The van der Waals surface area contributed by atoms with Crippen molar-refractivity contribution in [1.29, 1.82) is 5.26 Å². The number of hydrogen-bond donors (Lipinski definition) is 0. The molecule has 0 unspecified atom stereocenters. The van der Waals surface area contributed by atoms with E-state index in [0.717, 1.165) is 128 Å². The second-order valence-electron chi connectivity index (χ2n) is 35.6. The van der Waals surface area contributed by atoms with Gasteiger partial charge in [-0.25, -0.2) is 24.9 Å². The maximum Gasteiger partial charge on any atom is 0.238 e. The van der Waals surface area contributed by atoms with Gasteiger partial charge in [-0.1, -0.05) is 413 Å². The van der Waals surface area contributed by atoms with Crippen molar-refractivity contribution in [3.63, 3.8) is 0 Å². The van der Waals surface area contributed by atoms with Crippen LogP contribution < -0.4 is 0 Å². The van der Waals surface area contributed by atoms with Crippen molar-refractivity contribution in [2.45, 2.75) is 5.41 Å². The molecule has 0 radical (unpaired) electrons. The molecule has 0 bridgehead atoms. The van der Waals surface area contributed by atoms with Crippen molar-refractivity contribution in [2.24, 2.45) is 0 Å². The first-order valence-corrected chi connectivity index (χ1v) is 47.5. The Kier molecular flexibility index (Phi) is 20.2. The van der Waals surface area contributed by atoms with Crippen LogP contribution in [-0.2, 0) is 5.41 Å². The minimum atomic E-state index is -0.586. The Labute approximate surface area is 812 Å². The van der Waals surface area contributed by atoms with E-state index in [4.69, 9.17) is 34.9 Å². The molecule has 1 aliphatic rings. The molecule has 1 aliphatic carbocycles. The largest absolute Gasteiger partial charge is 0.309 e. The Morgan fingerprint density at radius 2 is 0.688 bits per heavy atom. The number of nitriles is 1. The van der Waals surface area contributed by atoms with Crippen LogP contribution in [0.25, 0.3) is 222 Å². The number of benzene rings is 20. The minimum Gasteiger partial charge on any atom is -0.309 e. The maximum absolute atomic E-state index is 9.73. The molecule has 0 fully saturated rings. The summed E-state index contributed by atoms with van der Waals surface area (Å²) in [6, 6.07) is 176. The van der Waals surface area contributed by atoms with Crippen molar-refractivity contribution in [3.05, 3.63) is 525 Å². The van der Waals surface area contributed by atoms with E-state index in [-0.39, 0.29) is 0 Å². The first-order chi connectivity index (χ1) is 69.9. The van der Waals surface area contributed by atoms with Crippen LogP contribution in [0.2, 0.25) is 0 Å². The van der Waals surface area contributed by atoms with Gasteiger partial charge in [-0.2, -0.15) is 15.2 Å². The second-order valence-corrected chi connectivity index (χ2v) is 35.6. The molecule has 658 valence electrons. The topological polar surface area (TPSA) is 134 Å². The number of para-hydroxylation sites is 6. The zero-order chi connectivity index (χ0) is 93.4. The summed E-state index contributed by atoms with van der Waals surface area (Å²) in [5, 5.41) is 21.7. The molecular formula is C129H82N12. The lowest BCUT2D eigenvalue weighted by Crippen LogP contribution is -2.29. The first-order valence-electron chi connectivity index (χ1n) is 47.5. The van der Waals surface area contributed by atoms with Gasteiger partial charge in [0.1, 0.15) is 5.69 Å². The molecule has 0 amide bonds. The highest BCUT2D eigenvalue weighted by molar-refractivity contribution is 6.25. The van der Waals surface area contributed by atoms with Crippen LogP contribution in [0.5, 0.6) is 0 Å². The van der Waals surface area contributed by atoms with Crippen molar-refractivity contribution in [1.82, 2.24) is 53.2 Å². The highest BCUT2D eigenvalue weighted by Gasteiger charge is 2.48. The molecule has 7 aromatic heterocycles. The lowest BCUT2D eigenvalue weighted by atomic mass is 9.67. The zero-order valence-electron chi connectivity index (χ0n) is 76.2. The molecule has 0 spiro atoms. The highest BCUT2D eigenvalue weighted by atomic mass is 15.2. The molecule has 0 saturated carbocycles. The normalized spacial score (nSPS) is 12.0. The van der Waals surface area contributed by atoms with E-state index in [1.807, 2.05) is 140 Å². The quantitative estimate of drug-likeness (QED) is 0.111. The van der Waals surface area contributed by atoms with E-state index in [1.54, 1.807) is 0 Å². The van der Waals surface area contributed by atoms with Crippen LogP contribution in [0, 0.1) is 11.3 Å². The van der Waals surface area contributed by atoms with Crippen LogP contribution >= 0.6 is 0 Å². The van der Waals surface area contributed by atoms with Crippen LogP contribution in [0.1, 0.15) is 27.8 Å². The number of aromatic nitrogens is 11. The fourth-order valence-corrected chi connectivity index (χ4v) is 21.5. The molecule has 0 saturated heterocycles. The predicted octanol–water partition coefficient (Wildman–Crippen LogP) is 31.4. The van der Waals surface area contributed by atoms with Gasteiger partial charge in [0, 0.05) is 93.4 Å². The molecule has 0 N–H and O–H groups in total. The molecule has 20 aromatic carbocycles. The van der Waals surface area contributed by atoms with Crippen molar-refractivity contribution in [2.75, 3.05) is 0 Å². The Hall–Kier alpha value is -19.2. The maximum atomic E-state index is 9.73. The summed E-state index contributed by atoms with van der Waals surface area (Å²) in [6.45, 7) is 0. The number of rotatable bonds is 13. The summed E-state index contributed by atoms with van der Waals surface area (Å²) in [7, 11) is 0. The second kappa shape index (κ2) is 34.6.